The van der Waals surface area contributed by atoms with Gasteiger partial charge >= 0.3 is 0 Å². The molecule has 0 bridgehead atoms. The Morgan fingerprint density at radius 3 is 2.52 bits per heavy atom. The van der Waals surface area contributed by atoms with E-state index in [1.807, 2.05) is 21.1 Å². The Morgan fingerprint density at radius 2 is 2.00 bits per heavy atom. The molecule has 0 unspecified atom stereocenters. The topological polar surface area (TPSA) is 50.2 Å². The van der Waals surface area contributed by atoms with Crippen LogP contribution >= 0.6 is 11.6 Å². The van der Waals surface area contributed by atoms with Crippen LogP contribution in [0.25, 0.3) is 0 Å². The van der Waals surface area contributed by atoms with Crippen molar-refractivity contribution in [1.82, 2.24) is 14.7 Å². The molecule has 0 radical (unpaired) electrons. The quantitative estimate of drug-likeness (QED) is 0.870. The molecule has 6 heteroatoms. The molecule has 1 fully saturated rings. The molecule has 1 amide bonds. The predicted molar refractivity (Wildman–Crippen MR) is 85.8 cm³/mol. The summed E-state index contributed by atoms with van der Waals surface area (Å²) in [5.41, 5.74) is 2.26. The number of aromatic nitrogens is 2. The van der Waals surface area contributed by atoms with Gasteiger partial charge in [0.15, 0.2) is 0 Å². The fraction of sp³-hybridized carbons (Fsp3) is 0.733. The van der Waals surface area contributed by atoms with E-state index >= 15 is 0 Å². The average molecular weight is 313 g/mol. The second kappa shape index (κ2) is 6.79. The second-order valence-corrected chi connectivity index (χ2v) is 6.82. The molecule has 1 saturated carbocycles. The van der Waals surface area contributed by atoms with Gasteiger partial charge in [0.1, 0.15) is 5.82 Å². The molecule has 118 valence electrons. The Bertz CT molecular complexity index is 504. The maximum absolute atomic E-state index is 11.4. The first-order chi connectivity index (χ1) is 9.88. The number of nitrogens with one attached hydrogen (secondary N) is 1. The largest absolute Gasteiger partial charge is 0.311 e. The van der Waals surface area contributed by atoms with Crippen LogP contribution in [0.3, 0.4) is 0 Å². The Kier molecular flexibility index (Phi) is 5.27. The molecule has 2 rings (SSSR count). The molecule has 1 aliphatic carbocycles. The molecule has 1 aliphatic rings. The molecule has 1 aromatic rings. The second-order valence-electron chi connectivity index (χ2n) is 6.20. The number of hydrogen-bond acceptors (Lipinski definition) is 3. The number of alkyl halides is 1. The molecule has 1 N–H and O–H groups in total. The monoisotopic (exact) mass is 312 g/mol. The summed E-state index contributed by atoms with van der Waals surface area (Å²) in [5.74, 6) is 1.21. The van der Waals surface area contributed by atoms with Crippen molar-refractivity contribution in [3.63, 3.8) is 0 Å². The first kappa shape index (κ1) is 16.3. The van der Waals surface area contributed by atoms with Gasteiger partial charge in [0, 0.05) is 37.4 Å². The minimum absolute atomic E-state index is 0.0611. The third-order valence-electron chi connectivity index (χ3n) is 3.99. The highest BCUT2D eigenvalue weighted by Crippen LogP contribution is 2.37. The number of nitrogens with zero attached hydrogens (tertiary/aromatic N) is 3. The van der Waals surface area contributed by atoms with Crippen molar-refractivity contribution in [1.29, 1.82) is 0 Å². The lowest BCUT2D eigenvalue weighted by atomic mass is 9.85. The smallest absolute Gasteiger partial charge is 0.222 e. The summed E-state index contributed by atoms with van der Waals surface area (Å²) in [4.78, 5) is 13.6. The third kappa shape index (κ3) is 3.98. The zero-order valence-electron chi connectivity index (χ0n) is 13.3. The van der Waals surface area contributed by atoms with Crippen LogP contribution in [0.1, 0.15) is 49.8 Å². The zero-order chi connectivity index (χ0) is 15.6. The van der Waals surface area contributed by atoms with Crippen LogP contribution in [0.15, 0.2) is 0 Å². The van der Waals surface area contributed by atoms with E-state index in [1.165, 1.54) is 6.92 Å². The first-order valence-electron chi connectivity index (χ1n) is 7.50. The van der Waals surface area contributed by atoms with Gasteiger partial charge in [-0.3, -0.25) is 9.48 Å². The Hall–Kier alpha value is -1.07. The molecule has 1 heterocycles. The summed E-state index contributed by atoms with van der Waals surface area (Å²) in [6.45, 7) is 2.31. The summed E-state index contributed by atoms with van der Waals surface area (Å²) in [5, 5.41) is 7.92. The van der Waals surface area contributed by atoms with Crippen molar-refractivity contribution < 1.29 is 4.79 Å². The lowest BCUT2D eigenvalue weighted by molar-refractivity contribution is -0.114. The normalized spacial score (nSPS) is 22.6. The number of carbonyl (C=O) groups excluding carboxylic acids is 1. The maximum Gasteiger partial charge on any atom is 0.222 e. The van der Waals surface area contributed by atoms with Crippen LogP contribution in [0.4, 0.5) is 5.82 Å². The third-order valence-corrected chi connectivity index (χ3v) is 4.43. The van der Waals surface area contributed by atoms with Gasteiger partial charge in [-0.25, -0.2) is 0 Å². The Labute approximate surface area is 131 Å². The van der Waals surface area contributed by atoms with E-state index in [4.69, 9.17) is 16.7 Å². The van der Waals surface area contributed by atoms with Crippen molar-refractivity contribution in [2.24, 2.45) is 7.05 Å². The molecule has 0 aromatic carbocycles. The summed E-state index contributed by atoms with van der Waals surface area (Å²) >= 11 is 6.21. The van der Waals surface area contributed by atoms with E-state index in [2.05, 4.69) is 10.2 Å². The SMILES string of the molecule is CC(=O)Nc1c(CN(C)C)c(C2CCC(Cl)CC2)nn1C. The van der Waals surface area contributed by atoms with E-state index in [-0.39, 0.29) is 5.91 Å². The summed E-state index contributed by atoms with van der Waals surface area (Å²) in [6.07, 6.45) is 4.23. The van der Waals surface area contributed by atoms with Gasteiger partial charge < -0.3 is 10.2 Å². The maximum atomic E-state index is 11.4. The van der Waals surface area contributed by atoms with Gasteiger partial charge in [-0.1, -0.05) is 0 Å². The number of carbonyl (C=O) groups is 1. The van der Waals surface area contributed by atoms with Crippen molar-refractivity contribution in [2.45, 2.75) is 50.4 Å². The number of aryl methyl sites for hydroxylation is 1. The van der Waals surface area contributed by atoms with E-state index in [0.29, 0.717) is 11.3 Å². The molecular formula is C15H25ClN4O. The first-order valence-corrected chi connectivity index (χ1v) is 7.94. The van der Waals surface area contributed by atoms with Gasteiger partial charge in [0.2, 0.25) is 5.91 Å². The number of halogens is 1. The summed E-state index contributed by atoms with van der Waals surface area (Å²) < 4.78 is 1.79. The van der Waals surface area contributed by atoms with Crippen LogP contribution < -0.4 is 5.32 Å². The van der Waals surface area contributed by atoms with Crippen LogP contribution in [0.5, 0.6) is 0 Å². The predicted octanol–water partition coefficient (Wildman–Crippen LogP) is 2.71. The van der Waals surface area contributed by atoms with Gasteiger partial charge in [0.25, 0.3) is 0 Å². The zero-order valence-corrected chi connectivity index (χ0v) is 14.1. The Morgan fingerprint density at radius 1 is 1.38 bits per heavy atom. The van der Waals surface area contributed by atoms with E-state index in [9.17, 15) is 4.79 Å². The van der Waals surface area contributed by atoms with E-state index in [0.717, 1.165) is 49.3 Å². The van der Waals surface area contributed by atoms with Crippen LogP contribution in [-0.4, -0.2) is 40.1 Å². The van der Waals surface area contributed by atoms with E-state index in [1.54, 1.807) is 4.68 Å². The highest BCUT2D eigenvalue weighted by atomic mass is 35.5. The minimum Gasteiger partial charge on any atom is -0.311 e. The standard InChI is InChI=1S/C15H25ClN4O/c1-10(21)17-15-13(9-19(2)3)14(18-20(15)4)11-5-7-12(16)8-6-11/h11-12H,5-9H2,1-4H3,(H,17,21). The van der Waals surface area contributed by atoms with Crippen LogP contribution in [0, 0.1) is 0 Å². The number of rotatable bonds is 4. The average Bonchev–Trinajstić information content (AvgIpc) is 2.67. The van der Waals surface area contributed by atoms with Gasteiger partial charge in [-0.05, 0) is 39.8 Å². The van der Waals surface area contributed by atoms with Gasteiger partial charge in [-0.15, -0.1) is 11.6 Å². The fourth-order valence-corrected chi connectivity index (χ4v) is 3.29. The minimum atomic E-state index is -0.0611. The Balaban J connectivity index is 2.33. The molecule has 0 aliphatic heterocycles. The van der Waals surface area contributed by atoms with Crippen molar-refractivity contribution in [3.8, 4) is 0 Å². The van der Waals surface area contributed by atoms with Crippen molar-refractivity contribution >= 4 is 23.3 Å². The van der Waals surface area contributed by atoms with Crippen molar-refractivity contribution in [2.75, 3.05) is 19.4 Å². The lowest BCUT2D eigenvalue weighted by Gasteiger charge is -2.25. The molecule has 0 spiro atoms. The van der Waals surface area contributed by atoms with Crippen molar-refractivity contribution in [3.05, 3.63) is 11.3 Å². The summed E-state index contributed by atoms with van der Waals surface area (Å²) in [7, 11) is 5.95. The van der Waals surface area contributed by atoms with Gasteiger partial charge in [-0.2, -0.15) is 5.10 Å². The number of anilines is 1. The number of hydrogen-bond donors (Lipinski definition) is 1. The molecular weight excluding hydrogens is 288 g/mol. The molecule has 21 heavy (non-hydrogen) atoms. The van der Waals surface area contributed by atoms with Crippen LogP contribution in [0.2, 0.25) is 0 Å². The molecule has 0 atom stereocenters. The molecule has 1 aromatic heterocycles. The highest BCUT2D eigenvalue weighted by Gasteiger charge is 2.28. The fourth-order valence-electron chi connectivity index (χ4n) is 3.04. The van der Waals surface area contributed by atoms with Gasteiger partial charge in [0.05, 0.1) is 5.69 Å². The lowest BCUT2D eigenvalue weighted by Crippen LogP contribution is -2.18. The molecule has 5 nitrogen and oxygen atoms in total. The summed E-state index contributed by atoms with van der Waals surface area (Å²) in [6, 6.07) is 0. The number of amides is 1. The highest BCUT2D eigenvalue weighted by molar-refractivity contribution is 6.20. The van der Waals surface area contributed by atoms with Crippen LogP contribution in [-0.2, 0) is 18.4 Å². The molecule has 0 saturated heterocycles. The van der Waals surface area contributed by atoms with E-state index < -0.39 is 0 Å².